The minimum absolute atomic E-state index is 0.503. The average molecular weight is 293 g/mol. The molecule has 0 saturated heterocycles. The third-order valence-corrected chi connectivity index (χ3v) is 1.92. The third-order valence-electron chi connectivity index (χ3n) is 1.10. The summed E-state index contributed by atoms with van der Waals surface area (Å²) in [6, 6.07) is 3.60. The summed E-state index contributed by atoms with van der Waals surface area (Å²) in [5.74, 6) is 0.767. The Labute approximate surface area is 87.9 Å². The summed E-state index contributed by atoms with van der Waals surface area (Å²) in [5.41, 5.74) is 0. The van der Waals surface area contributed by atoms with Crippen LogP contribution in [0.5, 0.6) is 5.75 Å². The molecule has 0 unspecified atom stereocenters. The molecule has 2 nitrogen and oxygen atoms in total. The van der Waals surface area contributed by atoms with Gasteiger partial charge >= 0.3 is 0 Å². The Hall–Kier alpha value is -0.350. The zero-order valence-corrected chi connectivity index (χ0v) is 9.43. The molecule has 0 fully saturated rings. The predicted octanol–water partition coefficient (Wildman–Crippen LogP) is 3.17. The van der Waals surface area contributed by atoms with Crippen LogP contribution >= 0.6 is 31.9 Å². The van der Waals surface area contributed by atoms with Crippen LogP contribution in [-0.4, -0.2) is 11.6 Å². The highest BCUT2D eigenvalue weighted by Gasteiger charge is 1.97. The number of aromatic nitrogens is 1. The van der Waals surface area contributed by atoms with E-state index >= 15 is 0 Å². The van der Waals surface area contributed by atoms with E-state index in [4.69, 9.17) is 4.74 Å². The summed E-state index contributed by atoms with van der Waals surface area (Å²) in [6.07, 6.45) is 1.70. The summed E-state index contributed by atoms with van der Waals surface area (Å²) in [5, 5.41) is 0. The van der Waals surface area contributed by atoms with Crippen molar-refractivity contribution in [3.05, 3.63) is 34.0 Å². The minimum atomic E-state index is 0.503. The van der Waals surface area contributed by atoms with Crippen molar-refractivity contribution in [1.82, 2.24) is 4.98 Å². The van der Waals surface area contributed by atoms with Gasteiger partial charge in [-0.25, -0.2) is 4.98 Å². The summed E-state index contributed by atoms with van der Waals surface area (Å²) in [6.45, 7) is 4.06. The molecule has 4 heteroatoms. The molecule has 0 aliphatic carbocycles. The van der Waals surface area contributed by atoms with Crippen molar-refractivity contribution in [2.45, 2.75) is 0 Å². The Morgan fingerprint density at radius 1 is 1.42 bits per heavy atom. The number of rotatable bonds is 3. The molecule has 1 heterocycles. The molecule has 12 heavy (non-hydrogen) atoms. The second-order valence-corrected chi connectivity index (χ2v) is 3.67. The molecule has 0 aliphatic rings. The van der Waals surface area contributed by atoms with Crippen LogP contribution in [0.25, 0.3) is 0 Å². The van der Waals surface area contributed by atoms with Gasteiger partial charge in [0.15, 0.2) is 0 Å². The first kappa shape index (κ1) is 9.74. The molecule has 0 spiro atoms. The Kier molecular flexibility index (Phi) is 3.75. The fourth-order valence-corrected chi connectivity index (χ4v) is 1.75. The van der Waals surface area contributed by atoms with Gasteiger partial charge < -0.3 is 4.74 Å². The molecule has 0 saturated carbocycles. The molecule has 0 N–H and O–H groups in total. The van der Waals surface area contributed by atoms with Crippen LogP contribution in [0.3, 0.4) is 0 Å². The van der Waals surface area contributed by atoms with Crippen LogP contribution in [0, 0.1) is 0 Å². The van der Waals surface area contributed by atoms with Crippen molar-refractivity contribution in [3.63, 3.8) is 0 Å². The molecule has 64 valence electrons. The summed E-state index contributed by atoms with van der Waals surface area (Å²) in [7, 11) is 0. The molecule has 0 amide bonds. The van der Waals surface area contributed by atoms with Crippen LogP contribution in [0.2, 0.25) is 0 Å². The highest BCUT2D eigenvalue weighted by molar-refractivity contribution is 9.11. The molecule has 0 aliphatic heterocycles. The largest absolute Gasteiger partial charge is 0.489 e. The number of hydrogen-bond acceptors (Lipinski definition) is 2. The van der Waals surface area contributed by atoms with Gasteiger partial charge in [-0.2, -0.15) is 0 Å². The smallest absolute Gasteiger partial charge is 0.125 e. The Bertz CT molecular complexity index is 268. The van der Waals surface area contributed by atoms with Crippen LogP contribution in [0.15, 0.2) is 34.0 Å². The number of pyridine rings is 1. The first-order chi connectivity index (χ1) is 5.72. The van der Waals surface area contributed by atoms with Gasteiger partial charge in [0.1, 0.15) is 21.6 Å². The molecule has 0 atom stereocenters. The second-order valence-electron chi connectivity index (χ2n) is 2.05. The second kappa shape index (κ2) is 4.62. The van der Waals surface area contributed by atoms with E-state index in [1.807, 2.05) is 0 Å². The first-order valence-electron chi connectivity index (χ1n) is 3.29. The number of hydrogen-bond donors (Lipinski definition) is 0. The highest BCUT2D eigenvalue weighted by Crippen LogP contribution is 2.21. The van der Waals surface area contributed by atoms with Gasteiger partial charge in [-0.05, 0) is 31.9 Å². The number of nitrogens with zero attached hydrogens (tertiary/aromatic N) is 1. The standard InChI is InChI=1S/C8H7Br2NO/c1-2-3-12-6-4-7(9)11-8(10)5-6/h2,4-5H,1,3H2. The quantitative estimate of drug-likeness (QED) is 0.631. The lowest BCUT2D eigenvalue weighted by Gasteiger charge is -2.03. The normalized spacial score (nSPS) is 9.50. The topological polar surface area (TPSA) is 22.1 Å². The van der Waals surface area contributed by atoms with E-state index in [1.54, 1.807) is 18.2 Å². The minimum Gasteiger partial charge on any atom is -0.489 e. The molecule has 0 aromatic carbocycles. The third kappa shape index (κ3) is 2.95. The zero-order chi connectivity index (χ0) is 8.97. The van der Waals surface area contributed by atoms with Gasteiger partial charge in [0.25, 0.3) is 0 Å². The van der Waals surface area contributed by atoms with Gasteiger partial charge in [-0.1, -0.05) is 12.7 Å². The fourth-order valence-electron chi connectivity index (χ4n) is 0.682. The number of ether oxygens (including phenoxy) is 1. The molecule has 1 aromatic rings. The Morgan fingerprint density at radius 3 is 2.50 bits per heavy atom. The Balaban J connectivity index is 2.78. The summed E-state index contributed by atoms with van der Waals surface area (Å²) >= 11 is 6.52. The monoisotopic (exact) mass is 291 g/mol. The van der Waals surface area contributed by atoms with E-state index in [-0.39, 0.29) is 0 Å². The SMILES string of the molecule is C=CCOc1cc(Br)nc(Br)c1. The lowest BCUT2D eigenvalue weighted by Crippen LogP contribution is -1.93. The van der Waals surface area contributed by atoms with E-state index in [2.05, 4.69) is 43.4 Å². The summed E-state index contributed by atoms with van der Waals surface area (Å²) in [4.78, 5) is 4.07. The first-order valence-corrected chi connectivity index (χ1v) is 4.88. The molecular weight excluding hydrogens is 286 g/mol. The van der Waals surface area contributed by atoms with Crippen molar-refractivity contribution in [3.8, 4) is 5.75 Å². The van der Waals surface area contributed by atoms with Crippen LogP contribution in [0.1, 0.15) is 0 Å². The molecule has 1 rings (SSSR count). The van der Waals surface area contributed by atoms with E-state index in [0.29, 0.717) is 6.61 Å². The van der Waals surface area contributed by atoms with Crippen LogP contribution < -0.4 is 4.74 Å². The number of halogens is 2. The van der Waals surface area contributed by atoms with Crippen molar-refractivity contribution >= 4 is 31.9 Å². The van der Waals surface area contributed by atoms with Gasteiger partial charge in [0, 0.05) is 12.1 Å². The average Bonchev–Trinajstić information content (AvgIpc) is 1.99. The maximum absolute atomic E-state index is 5.30. The van der Waals surface area contributed by atoms with E-state index < -0.39 is 0 Å². The van der Waals surface area contributed by atoms with E-state index in [1.165, 1.54) is 0 Å². The van der Waals surface area contributed by atoms with Crippen molar-refractivity contribution in [2.24, 2.45) is 0 Å². The lowest BCUT2D eigenvalue weighted by molar-refractivity contribution is 0.362. The van der Waals surface area contributed by atoms with Gasteiger partial charge in [-0.3, -0.25) is 0 Å². The van der Waals surface area contributed by atoms with Crippen molar-refractivity contribution < 1.29 is 4.74 Å². The van der Waals surface area contributed by atoms with Gasteiger partial charge in [0.05, 0.1) is 0 Å². The zero-order valence-electron chi connectivity index (χ0n) is 6.26. The molecule has 0 bridgehead atoms. The molecule has 1 aromatic heterocycles. The summed E-state index contributed by atoms with van der Waals surface area (Å²) < 4.78 is 6.79. The van der Waals surface area contributed by atoms with E-state index in [9.17, 15) is 0 Å². The van der Waals surface area contributed by atoms with Gasteiger partial charge in [-0.15, -0.1) is 0 Å². The van der Waals surface area contributed by atoms with Crippen LogP contribution in [0.4, 0.5) is 0 Å². The van der Waals surface area contributed by atoms with Crippen LogP contribution in [-0.2, 0) is 0 Å². The maximum Gasteiger partial charge on any atom is 0.125 e. The fraction of sp³-hybridized carbons (Fsp3) is 0.125. The Morgan fingerprint density at radius 2 is 2.00 bits per heavy atom. The highest BCUT2D eigenvalue weighted by atomic mass is 79.9. The molecule has 0 radical (unpaired) electrons. The maximum atomic E-state index is 5.30. The van der Waals surface area contributed by atoms with Gasteiger partial charge in [0.2, 0.25) is 0 Å². The lowest BCUT2D eigenvalue weighted by atomic mass is 10.4. The predicted molar refractivity (Wildman–Crippen MR) is 55.3 cm³/mol. The van der Waals surface area contributed by atoms with Crippen molar-refractivity contribution in [1.29, 1.82) is 0 Å². The molecular formula is C8H7Br2NO. The van der Waals surface area contributed by atoms with E-state index in [0.717, 1.165) is 15.0 Å². The van der Waals surface area contributed by atoms with Crippen molar-refractivity contribution in [2.75, 3.05) is 6.61 Å².